The lowest BCUT2D eigenvalue weighted by atomic mass is 10.3. The SMILES string of the molecule is CCCCS(=O)(=O)Nc1ccc(Nc2ncc(Br)cn2)cc1. The largest absolute Gasteiger partial charge is 0.324 e. The number of sulfonamides is 1. The molecule has 118 valence electrons. The van der Waals surface area contributed by atoms with E-state index in [1.165, 1.54) is 0 Å². The summed E-state index contributed by atoms with van der Waals surface area (Å²) in [5, 5.41) is 3.04. The first-order valence-electron chi connectivity index (χ1n) is 6.83. The fourth-order valence-electron chi connectivity index (χ4n) is 1.69. The zero-order valence-corrected chi connectivity index (χ0v) is 14.5. The molecule has 0 aliphatic carbocycles. The topological polar surface area (TPSA) is 84.0 Å². The highest BCUT2D eigenvalue weighted by molar-refractivity contribution is 9.10. The first-order chi connectivity index (χ1) is 10.5. The summed E-state index contributed by atoms with van der Waals surface area (Å²) < 4.78 is 27.0. The summed E-state index contributed by atoms with van der Waals surface area (Å²) in [6, 6.07) is 6.93. The zero-order chi connectivity index (χ0) is 16.0. The third kappa shape index (κ3) is 5.27. The number of nitrogens with zero attached hydrogens (tertiary/aromatic N) is 2. The summed E-state index contributed by atoms with van der Waals surface area (Å²) >= 11 is 3.27. The fourth-order valence-corrected chi connectivity index (χ4v) is 3.16. The molecular formula is C14H17BrN4O2S. The molecular weight excluding hydrogens is 368 g/mol. The molecule has 0 radical (unpaired) electrons. The Bertz CT molecular complexity index is 703. The summed E-state index contributed by atoms with van der Waals surface area (Å²) in [7, 11) is -3.27. The van der Waals surface area contributed by atoms with Crippen LogP contribution in [-0.2, 0) is 10.0 Å². The van der Waals surface area contributed by atoms with Crippen LogP contribution in [0.15, 0.2) is 41.1 Å². The van der Waals surface area contributed by atoms with Crippen molar-refractivity contribution in [1.82, 2.24) is 9.97 Å². The van der Waals surface area contributed by atoms with E-state index >= 15 is 0 Å². The highest BCUT2D eigenvalue weighted by Gasteiger charge is 2.09. The second-order valence-electron chi connectivity index (χ2n) is 4.70. The average molecular weight is 385 g/mol. The molecule has 2 rings (SSSR count). The van der Waals surface area contributed by atoms with Gasteiger partial charge in [0.1, 0.15) is 0 Å². The second-order valence-corrected chi connectivity index (χ2v) is 7.46. The summed E-state index contributed by atoms with van der Waals surface area (Å²) in [6.45, 7) is 1.96. The number of halogens is 1. The molecule has 1 aromatic carbocycles. The Balaban J connectivity index is 1.99. The van der Waals surface area contributed by atoms with Crippen molar-refractivity contribution in [3.63, 3.8) is 0 Å². The number of unbranched alkanes of at least 4 members (excludes halogenated alkanes) is 1. The minimum absolute atomic E-state index is 0.135. The van der Waals surface area contributed by atoms with Crippen molar-refractivity contribution in [2.24, 2.45) is 0 Å². The lowest BCUT2D eigenvalue weighted by Crippen LogP contribution is -2.16. The van der Waals surface area contributed by atoms with E-state index in [-0.39, 0.29) is 5.75 Å². The quantitative estimate of drug-likeness (QED) is 0.762. The van der Waals surface area contributed by atoms with Crippen LogP contribution in [0.5, 0.6) is 0 Å². The van der Waals surface area contributed by atoms with E-state index in [1.54, 1.807) is 36.7 Å². The molecule has 8 heteroatoms. The number of hydrogen-bond acceptors (Lipinski definition) is 5. The molecule has 0 atom stereocenters. The third-order valence-electron chi connectivity index (χ3n) is 2.80. The fraction of sp³-hybridized carbons (Fsp3) is 0.286. The molecule has 1 aromatic heterocycles. The third-order valence-corrected chi connectivity index (χ3v) is 4.58. The minimum Gasteiger partial charge on any atom is -0.324 e. The van der Waals surface area contributed by atoms with Crippen molar-refractivity contribution in [2.45, 2.75) is 19.8 Å². The maximum atomic E-state index is 11.8. The lowest BCUT2D eigenvalue weighted by molar-refractivity contribution is 0.598. The molecule has 2 aromatic rings. The van der Waals surface area contributed by atoms with Gasteiger partial charge in [0, 0.05) is 23.8 Å². The normalized spacial score (nSPS) is 11.2. The van der Waals surface area contributed by atoms with Crippen molar-refractivity contribution in [1.29, 1.82) is 0 Å². The van der Waals surface area contributed by atoms with Gasteiger partial charge in [-0.1, -0.05) is 13.3 Å². The summed E-state index contributed by atoms with van der Waals surface area (Å²) in [5.74, 6) is 0.607. The first-order valence-corrected chi connectivity index (χ1v) is 9.28. The Labute approximate surface area is 138 Å². The van der Waals surface area contributed by atoms with Gasteiger partial charge >= 0.3 is 0 Å². The van der Waals surface area contributed by atoms with Crippen LogP contribution in [0.3, 0.4) is 0 Å². The zero-order valence-electron chi connectivity index (χ0n) is 12.1. The molecule has 0 saturated heterocycles. The predicted octanol–water partition coefficient (Wildman–Crippen LogP) is 3.52. The van der Waals surface area contributed by atoms with E-state index in [2.05, 4.69) is 35.9 Å². The lowest BCUT2D eigenvalue weighted by Gasteiger charge is -2.09. The maximum Gasteiger partial charge on any atom is 0.232 e. The average Bonchev–Trinajstić information content (AvgIpc) is 2.49. The standard InChI is InChI=1S/C14H17BrN4O2S/c1-2-3-8-22(20,21)19-13-6-4-12(5-7-13)18-14-16-9-11(15)10-17-14/h4-7,9-10,19H,2-3,8H2,1H3,(H,16,17,18). The van der Waals surface area contributed by atoms with Crippen molar-refractivity contribution in [3.8, 4) is 0 Å². The molecule has 1 heterocycles. The predicted molar refractivity (Wildman–Crippen MR) is 91.8 cm³/mol. The first kappa shape index (κ1) is 16.7. The van der Waals surface area contributed by atoms with E-state index in [9.17, 15) is 8.42 Å². The number of hydrogen-bond donors (Lipinski definition) is 2. The van der Waals surface area contributed by atoms with E-state index in [0.717, 1.165) is 16.6 Å². The molecule has 0 saturated carbocycles. The van der Waals surface area contributed by atoms with Crippen LogP contribution in [0.4, 0.5) is 17.3 Å². The van der Waals surface area contributed by atoms with Gasteiger partial charge in [-0.15, -0.1) is 0 Å². The molecule has 0 amide bonds. The summed E-state index contributed by atoms with van der Waals surface area (Å²) in [4.78, 5) is 8.22. The van der Waals surface area contributed by atoms with Gasteiger partial charge < -0.3 is 5.32 Å². The van der Waals surface area contributed by atoms with Gasteiger partial charge in [-0.05, 0) is 46.6 Å². The molecule has 2 N–H and O–H groups in total. The number of benzene rings is 1. The van der Waals surface area contributed by atoms with Crippen molar-refractivity contribution in [3.05, 3.63) is 41.1 Å². The number of anilines is 3. The maximum absolute atomic E-state index is 11.8. The van der Waals surface area contributed by atoms with Crippen molar-refractivity contribution < 1.29 is 8.42 Å². The molecule has 0 bridgehead atoms. The van der Waals surface area contributed by atoms with Gasteiger partial charge in [0.05, 0.1) is 10.2 Å². The van der Waals surface area contributed by atoms with Crippen LogP contribution in [0, 0.1) is 0 Å². The van der Waals surface area contributed by atoms with Crippen LogP contribution < -0.4 is 10.0 Å². The van der Waals surface area contributed by atoms with E-state index in [4.69, 9.17) is 0 Å². The van der Waals surface area contributed by atoms with Crippen LogP contribution in [0.2, 0.25) is 0 Å². The van der Waals surface area contributed by atoms with E-state index in [1.807, 2.05) is 6.92 Å². The molecule has 0 aliphatic heterocycles. The summed E-state index contributed by atoms with van der Waals surface area (Å²) in [5.41, 5.74) is 1.32. The van der Waals surface area contributed by atoms with Gasteiger partial charge in [0.2, 0.25) is 16.0 Å². The Hall–Kier alpha value is -1.67. The van der Waals surface area contributed by atoms with E-state index in [0.29, 0.717) is 18.1 Å². The number of nitrogens with one attached hydrogen (secondary N) is 2. The Kier molecular flexibility index (Phi) is 5.73. The Morgan fingerprint density at radius 1 is 1.09 bits per heavy atom. The number of rotatable bonds is 7. The monoisotopic (exact) mass is 384 g/mol. The van der Waals surface area contributed by atoms with Gasteiger partial charge in [-0.2, -0.15) is 0 Å². The minimum atomic E-state index is -3.27. The highest BCUT2D eigenvalue weighted by atomic mass is 79.9. The van der Waals surface area contributed by atoms with Gasteiger partial charge in [-0.3, -0.25) is 4.72 Å². The molecule has 6 nitrogen and oxygen atoms in total. The van der Waals surface area contributed by atoms with Crippen LogP contribution >= 0.6 is 15.9 Å². The smallest absolute Gasteiger partial charge is 0.232 e. The van der Waals surface area contributed by atoms with Gasteiger partial charge in [0.25, 0.3) is 0 Å². The molecule has 0 unspecified atom stereocenters. The van der Waals surface area contributed by atoms with Crippen molar-refractivity contribution >= 4 is 43.3 Å². The Morgan fingerprint density at radius 2 is 1.68 bits per heavy atom. The summed E-state index contributed by atoms with van der Waals surface area (Å²) in [6.07, 6.45) is 4.78. The van der Waals surface area contributed by atoms with Gasteiger partial charge in [-0.25, -0.2) is 18.4 Å². The molecule has 0 spiro atoms. The van der Waals surface area contributed by atoms with Crippen molar-refractivity contribution in [2.75, 3.05) is 15.8 Å². The molecule has 22 heavy (non-hydrogen) atoms. The van der Waals surface area contributed by atoms with E-state index < -0.39 is 10.0 Å². The van der Waals surface area contributed by atoms with Crippen LogP contribution in [-0.4, -0.2) is 24.1 Å². The van der Waals surface area contributed by atoms with Crippen LogP contribution in [0.1, 0.15) is 19.8 Å². The van der Waals surface area contributed by atoms with Crippen LogP contribution in [0.25, 0.3) is 0 Å². The molecule has 0 aliphatic rings. The second kappa shape index (κ2) is 7.55. The molecule has 0 fully saturated rings. The number of aromatic nitrogens is 2. The van der Waals surface area contributed by atoms with Gasteiger partial charge in [0.15, 0.2) is 0 Å². The Morgan fingerprint density at radius 3 is 2.27 bits per heavy atom. The highest BCUT2D eigenvalue weighted by Crippen LogP contribution is 2.18.